The highest BCUT2D eigenvalue weighted by atomic mass is 19.1. The second kappa shape index (κ2) is 5.92. The van der Waals surface area contributed by atoms with E-state index in [1.165, 1.54) is 18.2 Å². The first-order valence-electron chi connectivity index (χ1n) is 7.56. The summed E-state index contributed by atoms with van der Waals surface area (Å²) in [6, 6.07) is 9.06. The number of ether oxygens (including phenoxy) is 1. The molecule has 120 valence electrons. The van der Waals surface area contributed by atoms with Crippen LogP contribution in [0.3, 0.4) is 0 Å². The van der Waals surface area contributed by atoms with Gasteiger partial charge < -0.3 is 9.15 Å². The number of nitrogens with zero attached hydrogens (tertiary/aromatic N) is 1. The number of aromatic nitrogens is 1. The third kappa shape index (κ3) is 2.80. The topological polar surface area (TPSA) is 35.3 Å². The molecule has 0 spiro atoms. The van der Waals surface area contributed by atoms with Crippen molar-refractivity contribution < 1.29 is 17.9 Å². The van der Waals surface area contributed by atoms with Crippen molar-refractivity contribution in [3.05, 3.63) is 71.1 Å². The molecule has 0 atom stereocenters. The fourth-order valence-electron chi connectivity index (χ4n) is 2.58. The van der Waals surface area contributed by atoms with E-state index in [9.17, 15) is 8.78 Å². The zero-order valence-corrected chi connectivity index (χ0v) is 12.6. The summed E-state index contributed by atoms with van der Waals surface area (Å²) in [4.78, 5) is 4.33. The van der Waals surface area contributed by atoms with Gasteiger partial charge in [-0.2, -0.15) is 0 Å². The normalized spacial score (nSPS) is 14.3. The first kappa shape index (κ1) is 14.6. The predicted molar refractivity (Wildman–Crippen MR) is 87.8 cm³/mol. The minimum atomic E-state index is -0.630. The van der Waals surface area contributed by atoms with Crippen LogP contribution in [-0.4, -0.2) is 11.6 Å². The molecule has 0 radical (unpaired) electrons. The first-order valence-corrected chi connectivity index (χ1v) is 7.56. The molecule has 0 unspecified atom stereocenters. The third-order valence-corrected chi connectivity index (χ3v) is 3.76. The van der Waals surface area contributed by atoms with Crippen LogP contribution < -0.4 is 0 Å². The number of halogens is 2. The lowest BCUT2D eigenvalue weighted by molar-refractivity contribution is 0.307. The summed E-state index contributed by atoms with van der Waals surface area (Å²) in [5, 5.41) is 0. The van der Waals surface area contributed by atoms with Gasteiger partial charge in [-0.1, -0.05) is 0 Å². The summed E-state index contributed by atoms with van der Waals surface area (Å²) < 4.78 is 37.7. The molecule has 3 nitrogen and oxygen atoms in total. The van der Waals surface area contributed by atoms with Crippen molar-refractivity contribution in [3.63, 3.8) is 0 Å². The smallest absolute Gasteiger partial charge is 0.220 e. The SMILES string of the molecule is Fc1ccc(/C=C/c2nc3ccc(C4=CCCO4)cc3o2)c(F)c1. The Balaban J connectivity index is 1.63. The Hall–Kier alpha value is -2.95. The van der Waals surface area contributed by atoms with E-state index in [2.05, 4.69) is 4.98 Å². The Kier molecular flexibility index (Phi) is 3.61. The van der Waals surface area contributed by atoms with Gasteiger partial charge in [0.15, 0.2) is 5.58 Å². The molecule has 5 heteroatoms. The van der Waals surface area contributed by atoms with Crippen LogP contribution in [0.1, 0.15) is 23.4 Å². The maximum absolute atomic E-state index is 13.6. The van der Waals surface area contributed by atoms with Crippen molar-refractivity contribution in [2.24, 2.45) is 0 Å². The van der Waals surface area contributed by atoms with Crippen LogP contribution in [0.2, 0.25) is 0 Å². The molecule has 0 saturated heterocycles. The van der Waals surface area contributed by atoms with Crippen molar-refractivity contribution in [1.29, 1.82) is 0 Å². The lowest BCUT2D eigenvalue weighted by Gasteiger charge is -2.02. The molecular weight excluding hydrogens is 312 g/mol. The standard InChI is InChI=1S/C19H13F2NO2/c20-14-6-3-12(15(21)11-14)5-8-19-22-16-7-4-13(10-18(16)24-19)17-2-1-9-23-17/h2-8,10-11H,1,9H2/b8-5+. The lowest BCUT2D eigenvalue weighted by atomic mass is 10.1. The van der Waals surface area contributed by atoms with Gasteiger partial charge in [-0.3, -0.25) is 0 Å². The van der Waals surface area contributed by atoms with Crippen molar-refractivity contribution in [2.75, 3.05) is 6.61 Å². The zero-order valence-electron chi connectivity index (χ0n) is 12.6. The fraction of sp³-hybridized carbons (Fsp3) is 0.105. The largest absolute Gasteiger partial charge is 0.493 e. The Bertz CT molecular complexity index is 973. The van der Waals surface area contributed by atoms with Crippen LogP contribution in [0.15, 0.2) is 46.9 Å². The van der Waals surface area contributed by atoms with Gasteiger partial charge in [0.1, 0.15) is 22.9 Å². The van der Waals surface area contributed by atoms with Gasteiger partial charge in [0.05, 0.1) is 6.61 Å². The summed E-state index contributed by atoms with van der Waals surface area (Å²) in [6.07, 6.45) is 6.00. The fourth-order valence-corrected chi connectivity index (χ4v) is 2.58. The minimum Gasteiger partial charge on any atom is -0.493 e. The summed E-state index contributed by atoms with van der Waals surface area (Å²) in [5.74, 6) is -0.0385. The third-order valence-electron chi connectivity index (χ3n) is 3.76. The summed E-state index contributed by atoms with van der Waals surface area (Å²) in [7, 11) is 0. The van der Waals surface area contributed by atoms with Crippen LogP contribution in [0.4, 0.5) is 8.78 Å². The molecule has 0 amide bonds. The Morgan fingerprint density at radius 1 is 1.04 bits per heavy atom. The molecule has 0 aliphatic carbocycles. The van der Waals surface area contributed by atoms with E-state index in [0.29, 0.717) is 23.6 Å². The molecule has 4 rings (SSSR count). The first-order chi connectivity index (χ1) is 11.7. The quantitative estimate of drug-likeness (QED) is 0.677. The molecule has 1 aliphatic heterocycles. The summed E-state index contributed by atoms with van der Waals surface area (Å²) in [6.45, 7) is 0.695. The molecule has 1 aromatic heterocycles. The molecule has 2 heterocycles. The number of fused-ring (bicyclic) bond motifs is 1. The summed E-state index contributed by atoms with van der Waals surface area (Å²) >= 11 is 0. The van der Waals surface area contributed by atoms with Gasteiger partial charge in [0.25, 0.3) is 0 Å². The second-order valence-electron chi connectivity index (χ2n) is 5.44. The molecule has 1 aliphatic rings. The van der Waals surface area contributed by atoms with Gasteiger partial charge in [-0.05, 0) is 42.5 Å². The average Bonchev–Trinajstić information content (AvgIpc) is 3.22. The van der Waals surface area contributed by atoms with Crippen molar-refractivity contribution in [2.45, 2.75) is 6.42 Å². The van der Waals surface area contributed by atoms with E-state index < -0.39 is 11.6 Å². The lowest BCUT2D eigenvalue weighted by Crippen LogP contribution is -1.85. The molecule has 3 aromatic rings. The van der Waals surface area contributed by atoms with Crippen molar-refractivity contribution in [3.8, 4) is 0 Å². The molecule has 0 N–H and O–H groups in total. The maximum Gasteiger partial charge on any atom is 0.220 e. The van der Waals surface area contributed by atoms with Crippen molar-refractivity contribution in [1.82, 2.24) is 4.98 Å². The van der Waals surface area contributed by atoms with Crippen LogP contribution in [0.5, 0.6) is 0 Å². The van der Waals surface area contributed by atoms with Gasteiger partial charge in [-0.25, -0.2) is 13.8 Å². The highest BCUT2D eigenvalue weighted by Crippen LogP contribution is 2.26. The molecule has 0 saturated carbocycles. The maximum atomic E-state index is 13.6. The van der Waals surface area contributed by atoms with Crippen LogP contribution in [-0.2, 0) is 4.74 Å². The number of hydrogen-bond acceptors (Lipinski definition) is 3. The van der Waals surface area contributed by atoms with E-state index in [0.717, 1.165) is 23.8 Å². The van der Waals surface area contributed by atoms with Crippen LogP contribution >= 0.6 is 0 Å². The van der Waals surface area contributed by atoms with Crippen LogP contribution in [0.25, 0.3) is 29.0 Å². The number of oxazole rings is 1. The zero-order chi connectivity index (χ0) is 16.5. The Morgan fingerprint density at radius 3 is 2.75 bits per heavy atom. The average molecular weight is 325 g/mol. The monoisotopic (exact) mass is 325 g/mol. The summed E-state index contributed by atoms with van der Waals surface area (Å²) in [5.41, 5.74) is 2.54. The number of rotatable bonds is 3. The Morgan fingerprint density at radius 2 is 1.96 bits per heavy atom. The van der Waals surface area contributed by atoms with Crippen LogP contribution in [0, 0.1) is 11.6 Å². The van der Waals surface area contributed by atoms with Crippen molar-refractivity contribution >= 4 is 29.0 Å². The highest BCUT2D eigenvalue weighted by Gasteiger charge is 2.11. The van der Waals surface area contributed by atoms with Gasteiger partial charge in [0, 0.05) is 29.7 Å². The minimum absolute atomic E-state index is 0.267. The van der Waals surface area contributed by atoms with E-state index in [1.54, 1.807) is 6.08 Å². The molecule has 24 heavy (non-hydrogen) atoms. The number of benzene rings is 2. The Labute approximate surface area is 136 Å². The van der Waals surface area contributed by atoms with Gasteiger partial charge in [-0.15, -0.1) is 0 Å². The molecule has 2 aromatic carbocycles. The predicted octanol–water partition coefficient (Wildman–Crippen LogP) is 5.04. The van der Waals surface area contributed by atoms with E-state index in [1.807, 2.05) is 24.3 Å². The van der Waals surface area contributed by atoms with Gasteiger partial charge in [0.2, 0.25) is 5.89 Å². The van der Waals surface area contributed by atoms with E-state index in [4.69, 9.17) is 9.15 Å². The number of hydrogen-bond donors (Lipinski definition) is 0. The second-order valence-corrected chi connectivity index (χ2v) is 5.44. The molecule has 0 bridgehead atoms. The molecule has 0 fully saturated rings. The van der Waals surface area contributed by atoms with Gasteiger partial charge >= 0.3 is 0 Å². The highest BCUT2D eigenvalue weighted by molar-refractivity contribution is 5.80. The molecular formula is C19H13F2NO2. The van der Waals surface area contributed by atoms with E-state index in [-0.39, 0.29) is 5.56 Å². The van der Waals surface area contributed by atoms with E-state index >= 15 is 0 Å².